The van der Waals surface area contributed by atoms with E-state index in [0.717, 1.165) is 50.6 Å². The summed E-state index contributed by atoms with van der Waals surface area (Å²) in [6.07, 6.45) is 2.15. The quantitative estimate of drug-likeness (QED) is 0.494. The van der Waals surface area contributed by atoms with Gasteiger partial charge in [-0.2, -0.15) is 5.10 Å². The van der Waals surface area contributed by atoms with E-state index < -0.39 is 0 Å². The molecule has 4 nitrogen and oxygen atoms in total. The minimum Gasteiger partial charge on any atom is -0.369 e. The van der Waals surface area contributed by atoms with Crippen LogP contribution in [0, 0.1) is 0 Å². The van der Waals surface area contributed by atoms with Crippen molar-refractivity contribution < 1.29 is 0 Å². The second-order valence-corrected chi connectivity index (χ2v) is 9.81. The number of piperazine rings is 1. The maximum atomic E-state index is 6.02. The molecule has 0 bridgehead atoms. The van der Waals surface area contributed by atoms with E-state index in [9.17, 15) is 0 Å². The van der Waals surface area contributed by atoms with Crippen LogP contribution in [0.4, 0.5) is 5.69 Å². The van der Waals surface area contributed by atoms with Crippen molar-refractivity contribution in [3.63, 3.8) is 0 Å². The van der Waals surface area contributed by atoms with Crippen LogP contribution in [0.15, 0.2) is 60.7 Å². The maximum Gasteiger partial charge on any atom is 0.0691 e. The largest absolute Gasteiger partial charge is 0.369 e. The Bertz CT molecular complexity index is 965. The molecule has 0 atom stereocenters. The van der Waals surface area contributed by atoms with Crippen LogP contribution in [0.3, 0.4) is 0 Å². The van der Waals surface area contributed by atoms with Crippen LogP contribution in [-0.4, -0.2) is 47.4 Å². The molecule has 0 amide bonds. The molecule has 1 saturated heterocycles. The van der Waals surface area contributed by atoms with E-state index in [1.54, 1.807) is 0 Å². The first-order valence-electron chi connectivity index (χ1n) is 11.3. The van der Waals surface area contributed by atoms with Gasteiger partial charge in [0, 0.05) is 36.9 Å². The Hall–Kier alpha value is -2.30. The van der Waals surface area contributed by atoms with E-state index in [2.05, 4.69) is 83.8 Å². The van der Waals surface area contributed by atoms with Crippen molar-refractivity contribution in [3.05, 3.63) is 71.4 Å². The average Bonchev–Trinajstić information content (AvgIpc) is 3.20. The molecule has 2 heterocycles. The third kappa shape index (κ3) is 5.50. The molecular formula is C26H33ClN4. The van der Waals surface area contributed by atoms with Gasteiger partial charge in [-0.05, 0) is 76.1 Å². The van der Waals surface area contributed by atoms with E-state index >= 15 is 0 Å². The molecule has 5 heteroatoms. The highest BCUT2D eigenvalue weighted by atomic mass is 35.5. The predicted molar refractivity (Wildman–Crippen MR) is 131 cm³/mol. The molecule has 3 aromatic rings. The van der Waals surface area contributed by atoms with Gasteiger partial charge in [-0.3, -0.25) is 9.58 Å². The zero-order valence-corrected chi connectivity index (χ0v) is 19.6. The summed E-state index contributed by atoms with van der Waals surface area (Å²) in [6, 6.07) is 21.1. The molecule has 0 N–H and O–H groups in total. The number of anilines is 1. The van der Waals surface area contributed by atoms with Crippen molar-refractivity contribution in [1.82, 2.24) is 14.7 Å². The van der Waals surface area contributed by atoms with Gasteiger partial charge in [0.1, 0.15) is 0 Å². The molecule has 1 aromatic heterocycles. The Morgan fingerprint density at radius 2 is 1.58 bits per heavy atom. The van der Waals surface area contributed by atoms with Crippen molar-refractivity contribution in [2.45, 2.75) is 39.2 Å². The summed E-state index contributed by atoms with van der Waals surface area (Å²) < 4.78 is 2.18. The summed E-state index contributed by atoms with van der Waals surface area (Å²) in [6.45, 7) is 12.1. The molecule has 1 fully saturated rings. The van der Waals surface area contributed by atoms with Crippen molar-refractivity contribution in [1.29, 1.82) is 0 Å². The first-order valence-corrected chi connectivity index (χ1v) is 11.7. The van der Waals surface area contributed by atoms with Crippen LogP contribution in [0.25, 0.3) is 11.3 Å². The molecule has 31 heavy (non-hydrogen) atoms. The lowest BCUT2D eigenvalue weighted by Gasteiger charge is -2.36. The van der Waals surface area contributed by atoms with Gasteiger partial charge in [0.05, 0.1) is 16.9 Å². The molecule has 0 spiro atoms. The molecule has 0 unspecified atom stereocenters. The lowest BCUT2D eigenvalue weighted by Crippen LogP contribution is -2.46. The lowest BCUT2D eigenvalue weighted by atomic mass is 10.1. The maximum absolute atomic E-state index is 6.02. The minimum absolute atomic E-state index is 0.0403. The number of hydrogen-bond donors (Lipinski definition) is 0. The van der Waals surface area contributed by atoms with Gasteiger partial charge < -0.3 is 4.90 Å². The van der Waals surface area contributed by atoms with Crippen molar-refractivity contribution >= 4 is 17.3 Å². The molecule has 1 aliphatic heterocycles. The summed E-state index contributed by atoms with van der Waals surface area (Å²) in [4.78, 5) is 5.02. The van der Waals surface area contributed by atoms with E-state index in [1.165, 1.54) is 22.6 Å². The Kier molecular flexibility index (Phi) is 6.68. The molecule has 4 rings (SSSR count). The fraction of sp³-hybridized carbons (Fsp3) is 0.423. The number of hydrogen-bond acceptors (Lipinski definition) is 3. The van der Waals surface area contributed by atoms with Gasteiger partial charge in [-0.1, -0.05) is 41.9 Å². The number of rotatable bonds is 6. The van der Waals surface area contributed by atoms with Crippen LogP contribution < -0.4 is 4.90 Å². The monoisotopic (exact) mass is 436 g/mol. The van der Waals surface area contributed by atoms with Gasteiger partial charge in [0.25, 0.3) is 0 Å². The number of nitrogens with zero attached hydrogens (tertiary/aromatic N) is 4. The Morgan fingerprint density at radius 3 is 2.23 bits per heavy atom. The molecule has 1 aliphatic rings. The van der Waals surface area contributed by atoms with Crippen LogP contribution >= 0.6 is 11.6 Å². The first-order chi connectivity index (χ1) is 14.9. The predicted octanol–water partition coefficient (Wildman–Crippen LogP) is 5.71. The van der Waals surface area contributed by atoms with Gasteiger partial charge >= 0.3 is 0 Å². The van der Waals surface area contributed by atoms with E-state index in [1.807, 2.05) is 12.1 Å². The van der Waals surface area contributed by atoms with Gasteiger partial charge in [-0.15, -0.1) is 0 Å². The van der Waals surface area contributed by atoms with E-state index in [0.29, 0.717) is 0 Å². The summed E-state index contributed by atoms with van der Waals surface area (Å²) in [5.74, 6) is 0. The summed E-state index contributed by atoms with van der Waals surface area (Å²) in [5, 5.41) is 5.78. The zero-order valence-electron chi connectivity index (χ0n) is 18.9. The van der Waals surface area contributed by atoms with Crippen molar-refractivity contribution in [2.24, 2.45) is 0 Å². The van der Waals surface area contributed by atoms with Crippen LogP contribution in [0.5, 0.6) is 0 Å². The van der Waals surface area contributed by atoms with Crippen LogP contribution in [0.2, 0.25) is 5.02 Å². The number of aromatic nitrogens is 2. The van der Waals surface area contributed by atoms with Gasteiger partial charge in [-0.25, -0.2) is 0 Å². The second-order valence-electron chi connectivity index (χ2n) is 9.38. The van der Waals surface area contributed by atoms with E-state index in [4.69, 9.17) is 16.7 Å². The number of halogens is 1. The molecule has 0 saturated carbocycles. The summed E-state index contributed by atoms with van der Waals surface area (Å²) >= 11 is 6.02. The molecule has 2 aromatic carbocycles. The zero-order chi connectivity index (χ0) is 21.8. The topological polar surface area (TPSA) is 24.3 Å². The Morgan fingerprint density at radius 1 is 0.903 bits per heavy atom. The standard InChI is InChI=1S/C26H33ClN4/c1-26(2,3)31-25(21-8-5-4-6-9-21)20-23(28-31)10-7-15-29-16-18-30(19-17-29)24-13-11-22(27)12-14-24/h4-6,8-9,11-14,20H,7,10,15-19H2,1-3H3. The Balaban J connectivity index is 1.32. The van der Waals surface area contributed by atoms with Crippen LogP contribution in [0.1, 0.15) is 32.9 Å². The van der Waals surface area contributed by atoms with Crippen molar-refractivity contribution in [2.75, 3.05) is 37.6 Å². The van der Waals surface area contributed by atoms with Gasteiger partial charge in [0.15, 0.2) is 0 Å². The summed E-state index contributed by atoms with van der Waals surface area (Å²) in [5.41, 5.74) is 4.86. The van der Waals surface area contributed by atoms with Crippen LogP contribution in [-0.2, 0) is 12.0 Å². The molecule has 0 radical (unpaired) electrons. The minimum atomic E-state index is -0.0403. The molecular weight excluding hydrogens is 404 g/mol. The molecule has 0 aliphatic carbocycles. The highest BCUT2D eigenvalue weighted by Gasteiger charge is 2.21. The molecule has 164 valence electrons. The fourth-order valence-electron chi connectivity index (χ4n) is 4.24. The third-order valence-electron chi connectivity index (χ3n) is 5.94. The first kappa shape index (κ1) is 21.9. The smallest absolute Gasteiger partial charge is 0.0691 e. The lowest BCUT2D eigenvalue weighted by molar-refractivity contribution is 0.254. The normalized spacial score (nSPS) is 15.4. The number of benzene rings is 2. The van der Waals surface area contributed by atoms with Crippen molar-refractivity contribution in [3.8, 4) is 11.3 Å². The SMILES string of the molecule is CC(C)(C)n1nc(CCCN2CCN(c3ccc(Cl)cc3)CC2)cc1-c1ccccc1. The summed E-state index contributed by atoms with van der Waals surface area (Å²) in [7, 11) is 0. The second kappa shape index (κ2) is 9.46. The number of aryl methyl sites for hydroxylation is 1. The van der Waals surface area contributed by atoms with Gasteiger partial charge in [0.2, 0.25) is 0 Å². The van der Waals surface area contributed by atoms with E-state index in [-0.39, 0.29) is 5.54 Å². The third-order valence-corrected chi connectivity index (χ3v) is 6.19. The highest BCUT2D eigenvalue weighted by molar-refractivity contribution is 6.30. The highest BCUT2D eigenvalue weighted by Crippen LogP contribution is 2.27. The fourth-order valence-corrected chi connectivity index (χ4v) is 4.37. The Labute approximate surface area is 191 Å². The average molecular weight is 437 g/mol.